The highest BCUT2D eigenvalue weighted by molar-refractivity contribution is 14.0. The van der Waals surface area contributed by atoms with Gasteiger partial charge in [-0.2, -0.15) is 0 Å². The van der Waals surface area contributed by atoms with Gasteiger partial charge in [0.1, 0.15) is 5.75 Å². The molecule has 0 aromatic heterocycles. The summed E-state index contributed by atoms with van der Waals surface area (Å²) >= 11 is 0. The van der Waals surface area contributed by atoms with E-state index in [-0.39, 0.29) is 24.0 Å². The molecule has 1 saturated carbocycles. The zero-order chi connectivity index (χ0) is 17.2. The monoisotopic (exact) mass is 461 g/mol. The van der Waals surface area contributed by atoms with E-state index in [1.54, 1.807) is 7.11 Å². The number of aryl methyl sites for hydroxylation is 1. The molecular weight excluding hydrogens is 429 g/mol. The summed E-state index contributed by atoms with van der Waals surface area (Å²) in [7, 11) is 1.70. The van der Waals surface area contributed by atoms with Crippen molar-refractivity contribution >= 4 is 29.9 Å². The van der Waals surface area contributed by atoms with Gasteiger partial charge in [0.2, 0.25) is 0 Å². The Kier molecular flexibility index (Phi) is 10.9. The van der Waals surface area contributed by atoms with Gasteiger partial charge in [0.25, 0.3) is 0 Å². The fourth-order valence-electron chi connectivity index (χ4n) is 2.39. The number of halogens is 1. The van der Waals surface area contributed by atoms with E-state index in [0.29, 0.717) is 6.54 Å². The zero-order valence-corrected chi connectivity index (χ0v) is 18.0. The molecule has 25 heavy (non-hydrogen) atoms. The quantitative estimate of drug-likeness (QED) is 0.243. The first-order valence-corrected chi connectivity index (χ1v) is 8.96. The Bertz CT molecular complexity index is 533. The van der Waals surface area contributed by atoms with Crippen LogP contribution >= 0.6 is 24.0 Å². The molecule has 142 valence electrons. The van der Waals surface area contributed by atoms with Crippen molar-refractivity contribution in [1.82, 2.24) is 10.6 Å². The van der Waals surface area contributed by atoms with Crippen LogP contribution in [0.3, 0.4) is 0 Å². The highest BCUT2D eigenvalue weighted by Gasteiger charge is 2.20. The summed E-state index contributed by atoms with van der Waals surface area (Å²) in [6, 6.07) is 6.21. The Labute approximate surface area is 169 Å². The number of ether oxygens (including phenoxy) is 2. The predicted octanol–water partition coefficient (Wildman–Crippen LogP) is 3.49. The smallest absolute Gasteiger partial charge is 0.191 e. The van der Waals surface area contributed by atoms with Gasteiger partial charge >= 0.3 is 0 Å². The summed E-state index contributed by atoms with van der Waals surface area (Å²) in [5.74, 6) is 2.59. The number of nitrogens with zero attached hydrogens (tertiary/aromatic N) is 1. The van der Waals surface area contributed by atoms with Crippen LogP contribution in [0.25, 0.3) is 0 Å². The van der Waals surface area contributed by atoms with Crippen molar-refractivity contribution < 1.29 is 9.47 Å². The topological polar surface area (TPSA) is 54.9 Å². The number of hydrogen-bond donors (Lipinski definition) is 2. The number of aliphatic imine (C=N–C) groups is 1. The SMILES string of the molecule is CCNC(=NCc1ccc(C)c(OC)c1)NCCCOCC1CC1.I. The average Bonchev–Trinajstić information content (AvgIpc) is 3.41. The van der Waals surface area contributed by atoms with Gasteiger partial charge in [-0.05, 0) is 56.2 Å². The molecule has 1 aliphatic rings. The van der Waals surface area contributed by atoms with Crippen LogP contribution in [0.15, 0.2) is 23.2 Å². The maximum atomic E-state index is 5.65. The molecular formula is C19H32IN3O2. The molecule has 5 nitrogen and oxygen atoms in total. The minimum absolute atomic E-state index is 0. The third-order valence-electron chi connectivity index (χ3n) is 4.04. The van der Waals surface area contributed by atoms with Gasteiger partial charge in [0.15, 0.2) is 5.96 Å². The van der Waals surface area contributed by atoms with Gasteiger partial charge in [0.05, 0.1) is 13.7 Å². The second-order valence-corrected chi connectivity index (χ2v) is 6.30. The third-order valence-corrected chi connectivity index (χ3v) is 4.04. The Balaban J connectivity index is 0.00000312. The average molecular weight is 461 g/mol. The van der Waals surface area contributed by atoms with Crippen LogP contribution in [0.1, 0.15) is 37.3 Å². The highest BCUT2D eigenvalue weighted by Crippen LogP contribution is 2.28. The fraction of sp³-hybridized carbons (Fsp3) is 0.632. The van der Waals surface area contributed by atoms with Gasteiger partial charge in [-0.15, -0.1) is 24.0 Å². The highest BCUT2D eigenvalue weighted by atomic mass is 127. The first-order valence-electron chi connectivity index (χ1n) is 8.96. The van der Waals surface area contributed by atoms with Crippen molar-refractivity contribution in [3.05, 3.63) is 29.3 Å². The Hall–Kier alpha value is -1.02. The number of benzene rings is 1. The Morgan fingerprint density at radius 1 is 1.28 bits per heavy atom. The molecule has 1 aromatic carbocycles. The number of methoxy groups -OCH3 is 1. The second-order valence-electron chi connectivity index (χ2n) is 6.30. The van der Waals surface area contributed by atoms with Crippen molar-refractivity contribution in [2.75, 3.05) is 33.4 Å². The van der Waals surface area contributed by atoms with Gasteiger partial charge < -0.3 is 20.1 Å². The van der Waals surface area contributed by atoms with E-state index in [4.69, 9.17) is 9.47 Å². The molecule has 0 heterocycles. The van der Waals surface area contributed by atoms with Crippen molar-refractivity contribution in [3.63, 3.8) is 0 Å². The summed E-state index contributed by atoms with van der Waals surface area (Å²) in [4.78, 5) is 4.64. The van der Waals surface area contributed by atoms with Crippen LogP contribution in [0, 0.1) is 12.8 Å². The van der Waals surface area contributed by atoms with Crippen LogP contribution in [0.5, 0.6) is 5.75 Å². The summed E-state index contributed by atoms with van der Waals surface area (Å²) in [6.07, 6.45) is 3.69. The predicted molar refractivity (Wildman–Crippen MR) is 114 cm³/mol. The normalized spacial score (nSPS) is 14.0. The van der Waals surface area contributed by atoms with Crippen molar-refractivity contribution in [1.29, 1.82) is 0 Å². The van der Waals surface area contributed by atoms with Crippen molar-refractivity contribution in [3.8, 4) is 5.75 Å². The molecule has 0 unspecified atom stereocenters. The largest absolute Gasteiger partial charge is 0.496 e. The van der Waals surface area contributed by atoms with E-state index in [2.05, 4.69) is 34.7 Å². The maximum Gasteiger partial charge on any atom is 0.191 e. The molecule has 1 aromatic rings. The number of rotatable bonds is 10. The van der Waals surface area contributed by atoms with Gasteiger partial charge in [-0.1, -0.05) is 12.1 Å². The molecule has 2 rings (SSSR count). The molecule has 0 spiro atoms. The maximum absolute atomic E-state index is 5.65. The van der Waals surface area contributed by atoms with E-state index in [0.717, 1.165) is 61.5 Å². The molecule has 2 N–H and O–H groups in total. The molecule has 0 amide bonds. The molecule has 0 saturated heterocycles. The molecule has 0 bridgehead atoms. The minimum atomic E-state index is 0. The van der Waals surface area contributed by atoms with Crippen LogP contribution < -0.4 is 15.4 Å². The van der Waals surface area contributed by atoms with E-state index in [9.17, 15) is 0 Å². The molecule has 0 aliphatic heterocycles. The molecule has 0 atom stereocenters. The lowest BCUT2D eigenvalue weighted by Gasteiger charge is -2.12. The zero-order valence-electron chi connectivity index (χ0n) is 15.6. The van der Waals surface area contributed by atoms with Gasteiger partial charge in [-0.3, -0.25) is 0 Å². The van der Waals surface area contributed by atoms with Gasteiger partial charge in [-0.25, -0.2) is 4.99 Å². The lowest BCUT2D eigenvalue weighted by Crippen LogP contribution is -2.38. The van der Waals surface area contributed by atoms with Crippen molar-refractivity contribution in [2.24, 2.45) is 10.9 Å². The third kappa shape index (κ3) is 8.76. The fourth-order valence-corrected chi connectivity index (χ4v) is 2.39. The Morgan fingerprint density at radius 3 is 2.76 bits per heavy atom. The van der Waals surface area contributed by atoms with E-state index in [1.165, 1.54) is 12.8 Å². The summed E-state index contributed by atoms with van der Waals surface area (Å²) in [5.41, 5.74) is 2.28. The lowest BCUT2D eigenvalue weighted by molar-refractivity contribution is 0.123. The summed E-state index contributed by atoms with van der Waals surface area (Å²) < 4.78 is 11.0. The van der Waals surface area contributed by atoms with Crippen LogP contribution in [-0.2, 0) is 11.3 Å². The molecule has 6 heteroatoms. The second kappa shape index (κ2) is 12.4. The molecule has 0 radical (unpaired) electrons. The standard InChI is InChI=1S/C19H31N3O2.HI/c1-4-20-19(21-10-5-11-24-14-16-8-9-16)22-13-17-7-6-15(2)18(12-17)23-3;/h6-7,12,16H,4-5,8-11,13-14H2,1-3H3,(H2,20,21,22);1H. The molecule has 1 aliphatic carbocycles. The van der Waals surface area contributed by atoms with E-state index < -0.39 is 0 Å². The number of nitrogens with one attached hydrogen (secondary N) is 2. The van der Waals surface area contributed by atoms with Crippen LogP contribution in [0.2, 0.25) is 0 Å². The summed E-state index contributed by atoms with van der Waals surface area (Å²) in [5, 5.41) is 6.64. The Morgan fingerprint density at radius 2 is 2.08 bits per heavy atom. The number of guanidine groups is 1. The first-order chi connectivity index (χ1) is 11.7. The first kappa shape index (κ1) is 22.0. The van der Waals surface area contributed by atoms with Crippen molar-refractivity contribution in [2.45, 2.75) is 39.7 Å². The van der Waals surface area contributed by atoms with E-state index >= 15 is 0 Å². The van der Waals surface area contributed by atoms with E-state index in [1.807, 2.05) is 13.0 Å². The van der Waals surface area contributed by atoms with Crippen LogP contribution in [-0.4, -0.2) is 39.4 Å². The minimum Gasteiger partial charge on any atom is -0.496 e. The number of hydrogen-bond acceptors (Lipinski definition) is 3. The van der Waals surface area contributed by atoms with Gasteiger partial charge in [0, 0.05) is 26.3 Å². The van der Waals surface area contributed by atoms with Crippen LogP contribution in [0.4, 0.5) is 0 Å². The summed E-state index contributed by atoms with van der Waals surface area (Å²) in [6.45, 7) is 8.22. The lowest BCUT2D eigenvalue weighted by atomic mass is 10.1. The molecule has 1 fully saturated rings.